The fourth-order valence-electron chi connectivity index (χ4n) is 4.66. The van der Waals surface area contributed by atoms with Gasteiger partial charge >= 0.3 is 5.97 Å². The molecule has 2 aromatic heterocycles. The van der Waals surface area contributed by atoms with Gasteiger partial charge in [0.15, 0.2) is 0 Å². The minimum Gasteiger partial charge on any atom is -0.478 e. The first-order chi connectivity index (χ1) is 20.8. The standard InChI is InChI=1S/C32H27F2N5O4/c1-42-24(16-36)17-39-29-13-22(32(40)41)9-10-28(29)37-30(39)14-20-7-8-21(12-26(20)34)27-3-2-4-31(38-27)43-18-23-6-5-19(15-35)11-25(23)33/h2-13,24H,14,16-18,36H2,1H3,(H,40,41). The van der Waals surface area contributed by atoms with Crippen molar-refractivity contribution in [1.29, 1.82) is 5.26 Å². The Balaban J connectivity index is 1.39. The van der Waals surface area contributed by atoms with Gasteiger partial charge in [0.2, 0.25) is 5.88 Å². The molecule has 5 aromatic rings. The van der Waals surface area contributed by atoms with Crippen molar-refractivity contribution in [3.63, 3.8) is 0 Å². The SMILES string of the molecule is COC(CN)Cn1c(Cc2ccc(-c3cccc(OCc4ccc(C#N)cc4F)n3)cc2F)nc2ccc(C(=O)O)cc21. The van der Waals surface area contributed by atoms with Crippen molar-refractivity contribution in [2.24, 2.45) is 5.73 Å². The molecule has 0 radical (unpaired) electrons. The van der Waals surface area contributed by atoms with Crippen molar-refractivity contribution < 1.29 is 28.2 Å². The number of methoxy groups -OCH3 is 1. The molecule has 0 saturated heterocycles. The Kier molecular flexibility index (Phi) is 8.71. The van der Waals surface area contributed by atoms with Crippen LogP contribution in [0.25, 0.3) is 22.3 Å². The van der Waals surface area contributed by atoms with E-state index in [2.05, 4.69) is 9.97 Å². The minimum absolute atomic E-state index is 0.0929. The number of imidazole rings is 1. The van der Waals surface area contributed by atoms with Crippen LogP contribution < -0.4 is 10.5 Å². The highest BCUT2D eigenvalue weighted by Crippen LogP contribution is 2.26. The zero-order valence-corrected chi connectivity index (χ0v) is 23.1. The van der Waals surface area contributed by atoms with E-state index in [9.17, 15) is 14.3 Å². The molecule has 0 aliphatic carbocycles. The molecule has 3 N–H and O–H groups in total. The lowest BCUT2D eigenvalue weighted by atomic mass is 10.1. The van der Waals surface area contributed by atoms with Crippen LogP contribution in [0, 0.1) is 23.0 Å². The van der Waals surface area contributed by atoms with Crippen molar-refractivity contribution in [3.05, 3.63) is 113 Å². The van der Waals surface area contributed by atoms with E-state index in [0.717, 1.165) is 6.07 Å². The van der Waals surface area contributed by atoms with Crippen molar-refractivity contribution in [3.8, 4) is 23.2 Å². The number of aromatic nitrogens is 3. The van der Waals surface area contributed by atoms with Crippen LogP contribution in [-0.2, 0) is 24.3 Å². The summed E-state index contributed by atoms with van der Waals surface area (Å²) in [5.74, 6) is -1.33. The maximum Gasteiger partial charge on any atom is 0.335 e. The first-order valence-corrected chi connectivity index (χ1v) is 13.3. The third kappa shape index (κ3) is 6.51. The summed E-state index contributed by atoms with van der Waals surface area (Å²) in [5.41, 5.74) is 8.95. The van der Waals surface area contributed by atoms with Crippen molar-refractivity contribution in [2.45, 2.75) is 25.7 Å². The number of nitrogens with two attached hydrogens (primary N) is 1. The molecule has 218 valence electrons. The van der Waals surface area contributed by atoms with Crippen LogP contribution in [0.1, 0.15) is 32.9 Å². The molecule has 1 atom stereocenters. The van der Waals surface area contributed by atoms with E-state index in [1.807, 2.05) is 10.6 Å². The van der Waals surface area contributed by atoms with E-state index in [1.54, 1.807) is 36.4 Å². The molecule has 0 spiro atoms. The summed E-state index contributed by atoms with van der Waals surface area (Å²) in [7, 11) is 1.54. The molecule has 0 saturated carbocycles. The van der Waals surface area contributed by atoms with E-state index >= 15 is 4.39 Å². The average molecular weight is 584 g/mol. The normalized spacial score (nSPS) is 11.8. The summed E-state index contributed by atoms with van der Waals surface area (Å²) >= 11 is 0. The largest absolute Gasteiger partial charge is 0.478 e. The average Bonchev–Trinajstić information content (AvgIpc) is 3.35. The quantitative estimate of drug-likeness (QED) is 0.220. The van der Waals surface area contributed by atoms with E-state index in [-0.39, 0.29) is 48.2 Å². The number of carboxylic acid groups (broad SMARTS) is 1. The number of benzene rings is 3. The molecule has 0 amide bonds. The number of hydrogen-bond acceptors (Lipinski definition) is 7. The number of nitrogens with zero attached hydrogens (tertiary/aromatic N) is 4. The van der Waals surface area contributed by atoms with Gasteiger partial charge < -0.3 is 24.9 Å². The molecule has 9 nitrogen and oxygen atoms in total. The fraction of sp³-hybridized carbons (Fsp3) is 0.188. The van der Waals surface area contributed by atoms with Crippen LogP contribution in [0.2, 0.25) is 0 Å². The number of hydrogen-bond donors (Lipinski definition) is 2. The second-order valence-electron chi connectivity index (χ2n) is 9.79. The van der Waals surface area contributed by atoms with E-state index < -0.39 is 17.6 Å². The van der Waals surface area contributed by atoms with E-state index in [1.165, 1.54) is 37.4 Å². The maximum atomic E-state index is 15.5. The van der Waals surface area contributed by atoms with Gasteiger partial charge in [-0.3, -0.25) is 0 Å². The van der Waals surface area contributed by atoms with Gasteiger partial charge in [-0.25, -0.2) is 23.5 Å². The first-order valence-electron chi connectivity index (χ1n) is 13.3. The summed E-state index contributed by atoms with van der Waals surface area (Å²) in [6.45, 7) is 0.449. The smallest absolute Gasteiger partial charge is 0.335 e. The molecule has 1 unspecified atom stereocenters. The monoisotopic (exact) mass is 583 g/mol. The van der Waals surface area contributed by atoms with Crippen LogP contribution in [0.15, 0.2) is 72.8 Å². The lowest BCUT2D eigenvalue weighted by molar-refractivity contribution is 0.0697. The predicted octanol–water partition coefficient (Wildman–Crippen LogP) is 5.09. The molecule has 5 rings (SSSR count). The zero-order chi connectivity index (χ0) is 30.5. The molecule has 0 bridgehead atoms. The number of rotatable bonds is 11. The second-order valence-corrected chi connectivity index (χ2v) is 9.79. The molecule has 2 heterocycles. The summed E-state index contributed by atoms with van der Waals surface area (Å²) in [6.07, 6.45) is -0.220. The predicted molar refractivity (Wildman–Crippen MR) is 154 cm³/mol. The Morgan fingerprint density at radius 1 is 1.05 bits per heavy atom. The molecule has 0 fully saturated rings. The highest BCUT2D eigenvalue weighted by Gasteiger charge is 2.19. The number of halogens is 2. The topological polar surface area (TPSA) is 136 Å². The van der Waals surface area contributed by atoms with Gasteiger partial charge in [-0.05, 0) is 48.0 Å². The van der Waals surface area contributed by atoms with Gasteiger partial charge in [-0.1, -0.05) is 24.3 Å². The Hall–Kier alpha value is -5.18. The lowest BCUT2D eigenvalue weighted by Crippen LogP contribution is -2.28. The van der Waals surface area contributed by atoms with Crippen molar-refractivity contribution >= 4 is 17.0 Å². The zero-order valence-electron chi connectivity index (χ0n) is 23.1. The summed E-state index contributed by atoms with van der Waals surface area (Å²) in [6, 6.07) is 20.4. The highest BCUT2D eigenvalue weighted by molar-refractivity contribution is 5.92. The van der Waals surface area contributed by atoms with E-state index in [0.29, 0.717) is 40.2 Å². The third-order valence-corrected chi connectivity index (χ3v) is 7.04. The molecular weight excluding hydrogens is 556 g/mol. The number of aromatic carboxylic acids is 1. The fourth-order valence-corrected chi connectivity index (χ4v) is 4.66. The molecule has 3 aromatic carbocycles. The first kappa shape index (κ1) is 29.3. The lowest BCUT2D eigenvalue weighted by Gasteiger charge is -2.17. The van der Waals surface area contributed by atoms with Crippen LogP contribution in [0.4, 0.5) is 8.78 Å². The van der Waals surface area contributed by atoms with Crippen molar-refractivity contribution in [2.75, 3.05) is 13.7 Å². The van der Waals surface area contributed by atoms with Crippen LogP contribution in [-0.4, -0.2) is 45.4 Å². The molecule has 11 heteroatoms. The van der Waals surface area contributed by atoms with Gasteiger partial charge in [0.1, 0.15) is 24.1 Å². The number of fused-ring (bicyclic) bond motifs is 1. The van der Waals surface area contributed by atoms with Gasteiger partial charge in [0.05, 0.1) is 46.6 Å². The number of carbonyl (C=O) groups is 1. The summed E-state index contributed by atoms with van der Waals surface area (Å²) < 4.78 is 42.6. The number of carboxylic acids is 1. The Labute approximate surface area is 245 Å². The second kappa shape index (κ2) is 12.8. The molecule has 0 aliphatic rings. The van der Waals surface area contributed by atoms with Crippen molar-refractivity contribution in [1.82, 2.24) is 14.5 Å². The highest BCUT2D eigenvalue weighted by atomic mass is 19.1. The number of nitriles is 1. The Morgan fingerprint density at radius 3 is 2.53 bits per heavy atom. The molecular formula is C32H27F2N5O4. The van der Waals surface area contributed by atoms with Crippen LogP contribution in [0.3, 0.4) is 0 Å². The molecule has 43 heavy (non-hydrogen) atoms. The van der Waals surface area contributed by atoms with Gasteiger partial charge in [-0.15, -0.1) is 0 Å². The maximum absolute atomic E-state index is 15.5. The van der Waals surface area contributed by atoms with Crippen LogP contribution >= 0.6 is 0 Å². The summed E-state index contributed by atoms with van der Waals surface area (Å²) in [5, 5.41) is 18.4. The van der Waals surface area contributed by atoms with Gasteiger partial charge in [-0.2, -0.15) is 5.26 Å². The Bertz CT molecular complexity index is 1850. The number of ether oxygens (including phenoxy) is 2. The summed E-state index contributed by atoms with van der Waals surface area (Å²) in [4.78, 5) is 20.7. The van der Waals surface area contributed by atoms with Crippen LogP contribution in [0.5, 0.6) is 5.88 Å². The number of pyridine rings is 1. The van der Waals surface area contributed by atoms with E-state index in [4.69, 9.17) is 20.5 Å². The third-order valence-electron chi connectivity index (χ3n) is 7.04. The van der Waals surface area contributed by atoms with Gasteiger partial charge in [0.25, 0.3) is 0 Å². The molecule has 0 aliphatic heterocycles. The minimum atomic E-state index is -1.07. The Morgan fingerprint density at radius 2 is 1.84 bits per heavy atom. The van der Waals surface area contributed by atoms with Gasteiger partial charge in [0, 0.05) is 37.3 Å².